The van der Waals surface area contributed by atoms with E-state index in [0.29, 0.717) is 12.3 Å². The van der Waals surface area contributed by atoms with Crippen LogP contribution in [0.15, 0.2) is 0 Å². The predicted octanol–water partition coefficient (Wildman–Crippen LogP) is 1.04. The van der Waals surface area contributed by atoms with E-state index in [0.717, 1.165) is 39.1 Å². The summed E-state index contributed by atoms with van der Waals surface area (Å²) in [6.07, 6.45) is 1.74. The third-order valence-electron chi connectivity index (χ3n) is 3.48. The minimum atomic E-state index is -0.712. The van der Waals surface area contributed by atoms with Gasteiger partial charge in [0.25, 0.3) is 0 Å². The van der Waals surface area contributed by atoms with Crippen LogP contribution in [0.25, 0.3) is 0 Å². The molecule has 0 bridgehead atoms. The predicted molar refractivity (Wildman–Crippen MR) is 69.3 cm³/mol. The van der Waals surface area contributed by atoms with Crippen molar-refractivity contribution in [1.82, 2.24) is 9.80 Å². The van der Waals surface area contributed by atoms with Gasteiger partial charge in [-0.3, -0.25) is 9.59 Å². The molecule has 1 aliphatic heterocycles. The maximum atomic E-state index is 11.7. The lowest BCUT2D eigenvalue weighted by atomic mass is 9.96. The van der Waals surface area contributed by atoms with Crippen LogP contribution in [0.1, 0.15) is 33.1 Å². The zero-order valence-corrected chi connectivity index (χ0v) is 11.4. The van der Waals surface area contributed by atoms with Crippen molar-refractivity contribution in [2.75, 3.05) is 32.7 Å². The maximum Gasteiger partial charge on any atom is 0.303 e. The van der Waals surface area contributed by atoms with Gasteiger partial charge >= 0.3 is 5.97 Å². The van der Waals surface area contributed by atoms with Crippen molar-refractivity contribution in [3.8, 4) is 0 Å². The largest absolute Gasteiger partial charge is 0.481 e. The summed E-state index contributed by atoms with van der Waals surface area (Å²) in [7, 11) is 0. The number of aliphatic carboxylic acids is 1. The number of carboxylic acid groups (broad SMARTS) is 1. The number of amides is 1. The summed E-state index contributed by atoms with van der Waals surface area (Å²) in [4.78, 5) is 26.3. The average molecular weight is 256 g/mol. The van der Waals surface area contributed by atoms with Crippen molar-refractivity contribution in [1.29, 1.82) is 0 Å². The molecule has 0 saturated carbocycles. The van der Waals surface area contributed by atoms with Gasteiger partial charge in [0, 0.05) is 32.6 Å². The van der Waals surface area contributed by atoms with E-state index in [2.05, 4.69) is 4.90 Å². The molecule has 0 aliphatic carbocycles. The molecule has 0 unspecified atom stereocenters. The van der Waals surface area contributed by atoms with Crippen molar-refractivity contribution >= 4 is 11.9 Å². The lowest BCUT2D eigenvalue weighted by Crippen LogP contribution is -2.47. The quantitative estimate of drug-likeness (QED) is 0.705. The molecule has 0 aromatic rings. The fourth-order valence-corrected chi connectivity index (χ4v) is 2.42. The molecule has 1 heterocycles. The molecule has 104 valence electrons. The summed E-state index contributed by atoms with van der Waals surface area (Å²) in [6, 6.07) is 0. The number of hydrogen-bond acceptors (Lipinski definition) is 3. The van der Waals surface area contributed by atoms with E-state index in [1.54, 1.807) is 0 Å². The first-order chi connectivity index (χ1) is 8.56. The minimum absolute atomic E-state index is 0.225. The smallest absolute Gasteiger partial charge is 0.303 e. The van der Waals surface area contributed by atoms with Crippen molar-refractivity contribution in [2.24, 2.45) is 5.92 Å². The van der Waals surface area contributed by atoms with Crippen molar-refractivity contribution in [3.05, 3.63) is 0 Å². The molecule has 18 heavy (non-hydrogen) atoms. The van der Waals surface area contributed by atoms with Crippen LogP contribution < -0.4 is 0 Å². The van der Waals surface area contributed by atoms with Gasteiger partial charge in [0.1, 0.15) is 0 Å². The molecule has 1 aliphatic rings. The lowest BCUT2D eigenvalue weighted by molar-refractivity contribution is -0.139. The standard InChI is InChI=1S/C13H24N2O3/c1-3-15(4-2)12(16)6-5-7-14-9-11(10-14)8-13(17)18/h11H,3-10H2,1-2H3,(H,17,18). The van der Waals surface area contributed by atoms with Gasteiger partial charge in [-0.2, -0.15) is 0 Å². The highest BCUT2D eigenvalue weighted by Gasteiger charge is 2.27. The fraction of sp³-hybridized carbons (Fsp3) is 0.846. The summed E-state index contributed by atoms with van der Waals surface area (Å²) in [5, 5.41) is 8.63. The van der Waals surface area contributed by atoms with Crippen LogP contribution in [-0.4, -0.2) is 59.5 Å². The Morgan fingerprint density at radius 1 is 1.28 bits per heavy atom. The molecular weight excluding hydrogens is 232 g/mol. The number of carbonyl (C=O) groups excluding carboxylic acids is 1. The van der Waals surface area contributed by atoms with E-state index in [1.807, 2.05) is 18.7 Å². The van der Waals surface area contributed by atoms with Crippen molar-refractivity contribution in [2.45, 2.75) is 33.1 Å². The van der Waals surface area contributed by atoms with Crippen LogP contribution in [0.2, 0.25) is 0 Å². The van der Waals surface area contributed by atoms with Gasteiger partial charge in [0.15, 0.2) is 0 Å². The second kappa shape index (κ2) is 7.36. The molecule has 1 rings (SSSR count). The average Bonchev–Trinajstić information content (AvgIpc) is 2.26. The van der Waals surface area contributed by atoms with Gasteiger partial charge in [0.05, 0.1) is 6.42 Å². The Hall–Kier alpha value is -1.10. The number of rotatable bonds is 8. The number of hydrogen-bond donors (Lipinski definition) is 1. The van der Waals surface area contributed by atoms with Gasteiger partial charge in [-0.05, 0) is 32.7 Å². The van der Waals surface area contributed by atoms with Crippen molar-refractivity contribution in [3.63, 3.8) is 0 Å². The zero-order valence-electron chi connectivity index (χ0n) is 11.4. The first-order valence-corrected chi connectivity index (χ1v) is 6.78. The second-order valence-electron chi connectivity index (χ2n) is 4.89. The number of carbonyl (C=O) groups is 2. The minimum Gasteiger partial charge on any atom is -0.481 e. The Labute approximate surface area is 109 Å². The fourth-order valence-electron chi connectivity index (χ4n) is 2.42. The van der Waals surface area contributed by atoms with Crippen LogP contribution in [0, 0.1) is 5.92 Å². The first kappa shape index (κ1) is 15.0. The maximum absolute atomic E-state index is 11.7. The van der Waals surface area contributed by atoms with E-state index in [-0.39, 0.29) is 12.3 Å². The number of likely N-dealkylation sites (tertiary alicyclic amines) is 1. The van der Waals surface area contributed by atoms with Crippen LogP contribution in [0.4, 0.5) is 0 Å². The van der Waals surface area contributed by atoms with E-state index in [9.17, 15) is 9.59 Å². The van der Waals surface area contributed by atoms with E-state index in [1.165, 1.54) is 0 Å². The molecule has 1 fully saturated rings. The normalized spacial score (nSPS) is 16.3. The lowest BCUT2D eigenvalue weighted by Gasteiger charge is -2.38. The summed E-state index contributed by atoms with van der Waals surface area (Å²) in [6.45, 7) is 8.18. The Morgan fingerprint density at radius 3 is 2.39 bits per heavy atom. The second-order valence-corrected chi connectivity index (χ2v) is 4.89. The molecule has 5 nitrogen and oxygen atoms in total. The summed E-state index contributed by atoms with van der Waals surface area (Å²) >= 11 is 0. The molecule has 0 aromatic carbocycles. The molecule has 0 atom stereocenters. The van der Waals surface area contributed by atoms with Crippen molar-refractivity contribution < 1.29 is 14.7 Å². The number of nitrogens with zero attached hydrogens (tertiary/aromatic N) is 2. The summed E-state index contributed by atoms with van der Waals surface area (Å²) < 4.78 is 0. The SMILES string of the molecule is CCN(CC)C(=O)CCCN1CC(CC(=O)O)C1. The van der Waals surface area contributed by atoms with Gasteiger partial charge < -0.3 is 14.9 Å². The van der Waals surface area contributed by atoms with E-state index < -0.39 is 5.97 Å². The van der Waals surface area contributed by atoms with Gasteiger partial charge in [-0.1, -0.05) is 0 Å². The molecule has 0 aromatic heterocycles. The Kier molecular flexibility index (Phi) is 6.12. The Morgan fingerprint density at radius 2 is 1.89 bits per heavy atom. The Balaban J connectivity index is 2.06. The summed E-state index contributed by atoms with van der Waals surface area (Å²) in [5.74, 6) is -0.181. The molecule has 0 spiro atoms. The molecule has 1 saturated heterocycles. The zero-order chi connectivity index (χ0) is 13.5. The highest BCUT2D eigenvalue weighted by Crippen LogP contribution is 2.19. The molecule has 5 heteroatoms. The Bertz CT molecular complexity index is 284. The number of carboxylic acids is 1. The molecule has 0 radical (unpaired) electrons. The van der Waals surface area contributed by atoms with Crippen LogP contribution in [0.3, 0.4) is 0 Å². The van der Waals surface area contributed by atoms with Gasteiger partial charge in [-0.25, -0.2) is 0 Å². The van der Waals surface area contributed by atoms with Crippen LogP contribution >= 0.6 is 0 Å². The van der Waals surface area contributed by atoms with Crippen LogP contribution in [0.5, 0.6) is 0 Å². The highest BCUT2D eigenvalue weighted by molar-refractivity contribution is 5.76. The van der Waals surface area contributed by atoms with Crippen LogP contribution in [-0.2, 0) is 9.59 Å². The highest BCUT2D eigenvalue weighted by atomic mass is 16.4. The monoisotopic (exact) mass is 256 g/mol. The topological polar surface area (TPSA) is 60.9 Å². The molecular formula is C13H24N2O3. The molecule has 1 N–H and O–H groups in total. The molecule has 1 amide bonds. The first-order valence-electron chi connectivity index (χ1n) is 6.78. The van der Waals surface area contributed by atoms with E-state index >= 15 is 0 Å². The third-order valence-corrected chi connectivity index (χ3v) is 3.48. The van der Waals surface area contributed by atoms with Gasteiger partial charge in [0.2, 0.25) is 5.91 Å². The van der Waals surface area contributed by atoms with Gasteiger partial charge in [-0.15, -0.1) is 0 Å². The third kappa shape index (κ3) is 4.64. The van der Waals surface area contributed by atoms with E-state index in [4.69, 9.17) is 5.11 Å². The summed E-state index contributed by atoms with van der Waals surface area (Å²) in [5.41, 5.74) is 0.